The second-order valence-corrected chi connectivity index (χ2v) is 7.05. The van der Waals surface area contributed by atoms with E-state index in [2.05, 4.69) is 45.4 Å². The number of aliphatic imine (C=N–C) groups is 1. The highest BCUT2D eigenvalue weighted by Gasteiger charge is 2.07. The van der Waals surface area contributed by atoms with Crippen molar-refractivity contribution >= 4 is 47.2 Å². The first-order chi connectivity index (χ1) is 12.7. The minimum Gasteiger partial charge on any atom is -0.357 e. The molecule has 5 nitrogen and oxygen atoms in total. The Morgan fingerprint density at radius 2 is 1.89 bits per heavy atom. The van der Waals surface area contributed by atoms with Gasteiger partial charge in [-0.25, -0.2) is 0 Å². The van der Waals surface area contributed by atoms with Crippen LogP contribution in [0.2, 0.25) is 0 Å². The van der Waals surface area contributed by atoms with Crippen LogP contribution < -0.4 is 16.0 Å². The van der Waals surface area contributed by atoms with Crippen LogP contribution >= 0.6 is 35.3 Å². The molecule has 1 aromatic heterocycles. The largest absolute Gasteiger partial charge is 0.357 e. The number of hydrogen-bond acceptors (Lipinski definition) is 3. The molecular weight excluding hydrogens is 471 g/mol. The fourth-order valence-corrected chi connectivity index (χ4v) is 3.19. The molecular formula is C20H29IN4OS. The van der Waals surface area contributed by atoms with Crippen LogP contribution in [0, 0.1) is 0 Å². The van der Waals surface area contributed by atoms with Gasteiger partial charge >= 0.3 is 0 Å². The number of carbonyl (C=O) groups excluding carboxylic acids is 1. The second-order valence-electron chi connectivity index (χ2n) is 6.08. The Bertz CT molecular complexity index is 677. The number of hydrogen-bond donors (Lipinski definition) is 3. The smallest absolute Gasteiger partial charge is 0.222 e. The summed E-state index contributed by atoms with van der Waals surface area (Å²) in [7, 11) is 0. The van der Waals surface area contributed by atoms with Crippen molar-refractivity contribution in [1.82, 2.24) is 16.0 Å². The van der Waals surface area contributed by atoms with E-state index in [1.807, 2.05) is 37.3 Å². The lowest BCUT2D eigenvalue weighted by atomic mass is 10.1. The predicted molar refractivity (Wildman–Crippen MR) is 125 cm³/mol. The van der Waals surface area contributed by atoms with Gasteiger partial charge in [0.15, 0.2) is 5.96 Å². The Morgan fingerprint density at radius 3 is 2.56 bits per heavy atom. The molecule has 1 atom stereocenters. The Labute approximate surface area is 183 Å². The first-order valence-corrected chi connectivity index (χ1v) is 9.93. The maximum absolute atomic E-state index is 12.0. The van der Waals surface area contributed by atoms with Gasteiger partial charge in [-0.3, -0.25) is 9.79 Å². The number of thiophene rings is 1. The maximum Gasteiger partial charge on any atom is 0.222 e. The van der Waals surface area contributed by atoms with Crippen molar-refractivity contribution in [3.8, 4) is 0 Å². The molecule has 0 spiro atoms. The highest BCUT2D eigenvalue weighted by molar-refractivity contribution is 14.0. The normalized spacial score (nSPS) is 12.0. The van der Waals surface area contributed by atoms with E-state index in [9.17, 15) is 4.79 Å². The molecule has 2 rings (SSSR count). The van der Waals surface area contributed by atoms with Gasteiger partial charge in [0.25, 0.3) is 0 Å². The highest BCUT2D eigenvalue weighted by Crippen LogP contribution is 2.20. The summed E-state index contributed by atoms with van der Waals surface area (Å²) in [4.78, 5) is 17.9. The van der Waals surface area contributed by atoms with E-state index in [1.54, 1.807) is 11.3 Å². The van der Waals surface area contributed by atoms with Crippen molar-refractivity contribution in [2.75, 3.05) is 19.6 Å². The molecule has 7 heteroatoms. The summed E-state index contributed by atoms with van der Waals surface area (Å²) < 4.78 is 0. The lowest BCUT2D eigenvalue weighted by Crippen LogP contribution is -2.39. The van der Waals surface area contributed by atoms with Crippen LogP contribution in [0.25, 0.3) is 0 Å². The Morgan fingerprint density at radius 1 is 1.11 bits per heavy atom. The van der Waals surface area contributed by atoms with Gasteiger partial charge in [-0.15, -0.1) is 35.3 Å². The lowest BCUT2D eigenvalue weighted by molar-refractivity contribution is -0.121. The number of nitrogens with zero attached hydrogens (tertiary/aromatic N) is 1. The number of nitrogens with one attached hydrogen (secondary N) is 3. The van der Waals surface area contributed by atoms with Gasteiger partial charge in [0.1, 0.15) is 0 Å². The molecule has 0 aliphatic rings. The van der Waals surface area contributed by atoms with Gasteiger partial charge in [-0.1, -0.05) is 43.3 Å². The van der Waals surface area contributed by atoms with Crippen molar-refractivity contribution in [3.05, 3.63) is 58.3 Å². The molecule has 148 valence electrons. The average molecular weight is 500 g/mol. The summed E-state index contributed by atoms with van der Waals surface area (Å²) >= 11 is 1.76. The van der Waals surface area contributed by atoms with Crippen LogP contribution in [0.15, 0.2) is 52.8 Å². The van der Waals surface area contributed by atoms with Crippen molar-refractivity contribution in [2.24, 2.45) is 4.99 Å². The fraction of sp³-hybridized carbons (Fsp3) is 0.400. The summed E-state index contributed by atoms with van der Waals surface area (Å²) in [5.41, 5.74) is 1.10. The van der Waals surface area contributed by atoms with Crippen LogP contribution in [0.4, 0.5) is 0 Å². The summed E-state index contributed by atoms with van der Waals surface area (Å²) in [6, 6.07) is 14.1. The first-order valence-electron chi connectivity index (χ1n) is 9.05. The number of halogens is 1. The molecule has 2 aromatic rings. The van der Waals surface area contributed by atoms with Crippen molar-refractivity contribution in [2.45, 2.75) is 32.7 Å². The molecule has 3 N–H and O–H groups in total. The second kappa shape index (κ2) is 13.5. The zero-order valence-corrected chi connectivity index (χ0v) is 19.1. The van der Waals surface area contributed by atoms with E-state index in [4.69, 9.17) is 0 Å². The standard InChI is InChI=1S/C20H28N4OS.HI/c1-3-21-20(24-14-16(2)18-10-7-13-26-18)22-12-11-19(25)23-15-17-8-5-4-6-9-17;/h4-10,13,16H,3,11-12,14-15H2,1-2H3,(H,23,25)(H2,21,22,24);1H. The van der Waals surface area contributed by atoms with E-state index in [1.165, 1.54) is 4.88 Å². The SMILES string of the molecule is CCNC(=NCC(C)c1cccs1)NCCC(=O)NCc1ccccc1.I. The zero-order valence-electron chi connectivity index (χ0n) is 15.9. The van der Waals surface area contributed by atoms with Crippen molar-refractivity contribution in [1.29, 1.82) is 0 Å². The summed E-state index contributed by atoms with van der Waals surface area (Å²) in [6.45, 7) is 6.84. The molecule has 1 unspecified atom stereocenters. The monoisotopic (exact) mass is 500 g/mol. The van der Waals surface area contributed by atoms with E-state index < -0.39 is 0 Å². The summed E-state index contributed by atoms with van der Waals surface area (Å²) in [5, 5.41) is 11.5. The van der Waals surface area contributed by atoms with Gasteiger partial charge in [0.05, 0.1) is 6.54 Å². The zero-order chi connectivity index (χ0) is 18.6. The Kier molecular flexibility index (Phi) is 11.8. The van der Waals surface area contributed by atoms with Crippen molar-refractivity contribution in [3.63, 3.8) is 0 Å². The van der Waals surface area contributed by atoms with Crippen LogP contribution in [-0.2, 0) is 11.3 Å². The molecule has 1 amide bonds. The lowest BCUT2D eigenvalue weighted by Gasteiger charge is -2.13. The molecule has 0 bridgehead atoms. The van der Waals surface area contributed by atoms with E-state index in [-0.39, 0.29) is 29.9 Å². The number of carbonyl (C=O) groups is 1. The third-order valence-electron chi connectivity index (χ3n) is 3.87. The van der Waals surface area contributed by atoms with Gasteiger partial charge in [0, 0.05) is 36.9 Å². The Balaban J connectivity index is 0.00000364. The molecule has 1 aromatic carbocycles. The van der Waals surface area contributed by atoms with Gasteiger partial charge in [-0.2, -0.15) is 0 Å². The maximum atomic E-state index is 12.0. The molecule has 0 saturated heterocycles. The highest BCUT2D eigenvalue weighted by atomic mass is 127. The van der Waals surface area contributed by atoms with Crippen LogP contribution in [0.5, 0.6) is 0 Å². The predicted octanol–water partition coefficient (Wildman–Crippen LogP) is 3.73. The molecule has 0 fully saturated rings. The van der Waals surface area contributed by atoms with Gasteiger partial charge < -0.3 is 16.0 Å². The minimum absolute atomic E-state index is 0. The molecule has 27 heavy (non-hydrogen) atoms. The molecule has 0 aliphatic heterocycles. The summed E-state index contributed by atoms with van der Waals surface area (Å²) in [5.74, 6) is 1.18. The third-order valence-corrected chi connectivity index (χ3v) is 4.98. The number of benzene rings is 1. The molecule has 1 heterocycles. The number of guanidine groups is 1. The van der Waals surface area contributed by atoms with E-state index >= 15 is 0 Å². The molecule has 0 radical (unpaired) electrons. The quantitative estimate of drug-likeness (QED) is 0.279. The third kappa shape index (κ3) is 9.23. The number of amides is 1. The summed E-state index contributed by atoms with van der Waals surface area (Å²) in [6.07, 6.45) is 0.414. The van der Waals surface area contributed by atoms with Gasteiger partial charge in [0.2, 0.25) is 5.91 Å². The molecule has 0 saturated carbocycles. The minimum atomic E-state index is 0. The topological polar surface area (TPSA) is 65.5 Å². The van der Waals surface area contributed by atoms with Crippen LogP contribution in [-0.4, -0.2) is 31.5 Å². The van der Waals surface area contributed by atoms with Crippen LogP contribution in [0.3, 0.4) is 0 Å². The number of rotatable bonds is 9. The fourth-order valence-electron chi connectivity index (χ4n) is 2.41. The Hall–Kier alpha value is -1.61. The van der Waals surface area contributed by atoms with E-state index in [0.29, 0.717) is 25.4 Å². The average Bonchev–Trinajstić information content (AvgIpc) is 3.20. The van der Waals surface area contributed by atoms with Crippen molar-refractivity contribution < 1.29 is 4.79 Å². The van der Waals surface area contributed by atoms with Crippen LogP contribution in [0.1, 0.15) is 36.6 Å². The molecule has 0 aliphatic carbocycles. The van der Waals surface area contributed by atoms with E-state index in [0.717, 1.165) is 24.6 Å². The first kappa shape index (κ1) is 23.4. The van der Waals surface area contributed by atoms with Gasteiger partial charge in [-0.05, 0) is 23.9 Å².